The predicted molar refractivity (Wildman–Crippen MR) is 166 cm³/mol. The average molecular weight is 652 g/mol. The van der Waals surface area contributed by atoms with Crippen LogP contribution in [-0.4, -0.2) is 49.9 Å². The predicted octanol–water partition coefficient (Wildman–Crippen LogP) is 5.58. The summed E-state index contributed by atoms with van der Waals surface area (Å²) in [5, 5.41) is 6.06. The maximum atomic E-state index is 15.2. The van der Waals surface area contributed by atoms with Gasteiger partial charge in [0.1, 0.15) is 17.0 Å². The lowest BCUT2D eigenvalue weighted by Crippen LogP contribution is -2.47. The minimum Gasteiger partial charge on any atom is -0.365 e. The Kier molecular flexibility index (Phi) is 7.87. The number of rotatable bonds is 7. The minimum atomic E-state index is -4.33. The van der Waals surface area contributed by atoms with Gasteiger partial charge in [-0.2, -0.15) is 0 Å². The van der Waals surface area contributed by atoms with Gasteiger partial charge < -0.3 is 15.2 Å². The molecule has 1 amide bonds. The zero-order chi connectivity index (χ0) is 33.0. The molecule has 3 heterocycles. The van der Waals surface area contributed by atoms with Gasteiger partial charge in [0, 0.05) is 48.5 Å². The highest BCUT2D eigenvalue weighted by Gasteiger charge is 2.36. The van der Waals surface area contributed by atoms with E-state index in [1.54, 1.807) is 36.9 Å². The first-order valence-electron chi connectivity index (χ1n) is 14.6. The number of fused-ring (bicyclic) bond motifs is 1. The van der Waals surface area contributed by atoms with Gasteiger partial charge in [-0.05, 0) is 49.8 Å². The van der Waals surface area contributed by atoms with Gasteiger partial charge in [-0.15, -0.1) is 0 Å². The standard InChI is InChI=1S/C32H32F3N7O3S/c1-18-5-7-22(8-6-18)46(44,45)42-15-24(23-9-19(33)10-25(34)28(23)42)29-36-14-26(35)30(40-29)38-20-11-21(13-32(2,3)12-20)39-31(43)27-16-41(4)17-37-27/h5-10,14-17,20-21H,11-13H2,1-4H3,(H,39,43)(H,36,38,40). The Morgan fingerprint density at radius 1 is 1.00 bits per heavy atom. The van der Waals surface area contributed by atoms with Gasteiger partial charge in [-0.1, -0.05) is 31.5 Å². The molecule has 0 bridgehead atoms. The average Bonchev–Trinajstić information content (AvgIpc) is 3.58. The van der Waals surface area contributed by atoms with Crippen molar-refractivity contribution in [1.29, 1.82) is 0 Å². The van der Waals surface area contributed by atoms with Crippen LogP contribution in [0.5, 0.6) is 0 Å². The van der Waals surface area contributed by atoms with E-state index in [4.69, 9.17) is 0 Å². The Morgan fingerprint density at radius 2 is 1.72 bits per heavy atom. The summed E-state index contributed by atoms with van der Waals surface area (Å²) < 4.78 is 74.6. The first kappa shape index (κ1) is 31.3. The number of aryl methyl sites for hydroxylation is 2. The van der Waals surface area contributed by atoms with Crippen molar-refractivity contribution < 1.29 is 26.4 Å². The van der Waals surface area contributed by atoms with Crippen molar-refractivity contribution in [3.63, 3.8) is 0 Å². The number of anilines is 1. The molecule has 5 aromatic rings. The molecule has 2 N–H and O–H groups in total. The fraction of sp³-hybridized carbons (Fsp3) is 0.312. The number of carbonyl (C=O) groups is 1. The Hall–Kier alpha value is -4.72. The molecule has 0 radical (unpaired) electrons. The van der Waals surface area contributed by atoms with Crippen molar-refractivity contribution in [2.75, 3.05) is 5.32 Å². The molecule has 6 rings (SSSR count). The van der Waals surface area contributed by atoms with E-state index in [-0.39, 0.29) is 56.4 Å². The molecule has 1 fully saturated rings. The van der Waals surface area contributed by atoms with Gasteiger partial charge in [0.25, 0.3) is 15.9 Å². The van der Waals surface area contributed by atoms with Gasteiger partial charge >= 0.3 is 0 Å². The van der Waals surface area contributed by atoms with Crippen molar-refractivity contribution in [2.24, 2.45) is 12.5 Å². The highest BCUT2D eigenvalue weighted by Crippen LogP contribution is 2.38. The van der Waals surface area contributed by atoms with Crippen molar-refractivity contribution in [3.8, 4) is 11.4 Å². The number of hydrogen-bond donors (Lipinski definition) is 2. The third-order valence-corrected chi connectivity index (χ3v) is 9.80. The number of benzene rings is 2. The summed E-state index contributed by atoms with van der Waals surface area (Å²) in [6.07, 6.45) is 6.98. The molecule has 0 spiro atoms. The summed E-state index contributed by atoms with van der Waals surface area (Å²) in [6.45, 7) is 5.90. The summed E-state index contributed by atoms with van der Waals surface area (Å²) >= 11 is 0. The normalized spacial score (nSPS) is 18.1. The maximum absolute atomic E-state index is 15.2. The summed E-state index contributed by atoms with van der Waals surface area (Å²) in [6, 6.07) is 7.05. The van der Waals surface area contributed by atoms with Crippen molar-refractivity contribution in [1.82, 2.24) is 28.8 Å². The van der Waals surface area contributed by atoms with E-state index >= 15 is 8.78 Å². The second-order valence-electron chi connectivity index (χ2n) is 12.6. The SMILES string of the molecule is Cc1ccc(S(=O)(=O)n2cc(-c3ncc(F)c(NC4CC(NC(=O)c5cn(C)cn5)CC(C)(C)C4)n3)c3cc(F)cc(F)c32)cc1. The minimum absolute atomic E-state index is 0.00314. The van der Waals surface area contributed by atoms with Crippen LogP contribution in [-0.2, 0) is 17.1 Å². The molecular weight excluding hydrogens is 619 g/mol. The lowest BCUT2D eigenvalue weighted by Gasteiger charge is -2.40. The van der Waals surface area contributed by atoms with E-state index in [2.05, 4.69) is 39.4 Å². The fourth-order valence-corrected chi connectivity index (χ4v) is 7.54. The Morgan fingerprint density at radius 3 is 2.41 bits per heavy atom. The first-order valence-corrected chi connectivity index (χ1v) is 16.0. The topological polar surface area (TPSA) is 124 Å². The lowest BCUT2D eigenvalue weighted by atomic mass is 9.72. The Labute approximate surface area is 263 Å². The molecule has 14 heteroatoms. The van der Waals surface area contributed by atoms with Gasteiger partial charge in [0.2, 0.25) is 0 Å². The Bertz CT molecular complexity index is 2070. The monoisotopic (exact) mass is 651 g/mol. The molecule has 1 aliphatic rings. The van der Waals surface area contributed by atoms with Crippen LogP contribution in [0.1, 0.15) is 49.2 Å². The van der Waals surface area contributed by atoms with Crippen LogP contribution in [0.4, 0.5) is 19.0 Å². The molecule has 0 aliphatic heterocycles. The smallest absolute Gasteiger partial charge is 0.271 e. The van der Waals surface area contributed by atoms with Crippen LogP contribution in [0.3, 0.4) is 0 Å². The number of imidazole rings is 1. The first-order chi connectivity index (χ1) is 21.7. The molecule has 3 aromatic heterocycles. The second-order valence-corrected chi connectivity index (χ2v) is 14.4. The molecule has 240 valence electrons. The summed E-state index contributed by atoms with van der Waals surface area (Å²) in [4.78, 5) is 25.2. The molecule has 1 aliphatic carbocycles. The van der Waals surface area contributed by atoms with Crippen LogP contribution in [0.15, 0.2) is 66.2 Å². The lowest BCUT2D eigenvalue weighted by molar-refractivity contribution is 0.0892. The third kappa shape index (κ3) is 6.08. The van der Waals surface area contributed by atoms with Crippen LogP contribution in [0, 0.1) is 29.8 Å². The number of amides is 1. The highest BCUT2D eigenvalue weighted by molar-refractivity contribution is 7.90. The zero-order valence-electron chi connectivity index (χ0n) is 25.6. The summed E-state index contributed by atoms with van der Waals surface area (Å²) in [5.41, 5.74) is 0.500. The molecule has 46 heavy (non-hydrogen) atoms. The number of hydrogen-bond acceptors (Lipinski definition) is 7. The van der Waals surface area contributed by atoms with E-state index in [0.29, 0.717) is 31.0 Å². The molecule has 0 saturated heterocycles. The van der Waals surface area contributed by atoms with Crippen LogP contribution < -0.4 is 10.6 Å². The maximum Gasteiger partial charge on any atom is 0.271 e. The van der Waals surface area contributed by atoms with Gasteiger partial charge in [0.05, 0.1) is 17.4 Å². The van der Waals surface area contributed by atoms with Crippen LogP contribution >= 0.6 is 0 Å². The van der Waals surface area contributed by atoms with Crippen molar-refractivity contribution >= 4 is 32.7 Å². The fourth-order valence-electron chi connectivity index (χ4n) is 6.17. The molecule has 1 saturated carbocycles. The quantitative estimate of drug-likeness (QED) is 0.235. The van der Waals surface area contributed by atoms with Crippen LogP contribution in [0.25, 0.3) is 22.3 Å². The van der Waals surface area contributed by atoms with E-state index in [1.165, 1.54) is 18.5 Å². The van der Waals surface area contributed by atoms with Crippen molar-refractivity contribution in [3.05, 3.63) is 90.0 Å². The van der Waals surface area contributed by atoms with Crippen LogP contribution in [0.2, 0.25) is 0 Å². The van der Waals surface area contributed by atoms with Gasteiger partial charge in [-0.25, -0.2) is 40.5 Å². The highest BCUT2D eigenvalue weighted by atomic mass is 32.2. The molecule has 2 atom stereocenters. The van der Waals surface area contributed by atoms with E-state index in [0.717, 1.165) is 28.0 Å². The number of nitrogens with zero attached hydrogens (tertiary/aromatic N) is 5. The molecular formula is C32H32F3N7O3S. The summed E-state index contributed by atoms with van der Waals surface area (Å²) in [5.74, 6) is -3.40. The second kappa shape index (κ2) is 11.6. The summed E-state index contributed by atoms with van der Waals surface area (Å²) in [7, 11) is -2.56. The van der Waals surface area contributed by atoms with Gasteiger partial charge in [0.15, 0.2) is 23.3 Å². The Balaban J connectivity index is 1.34. The van der Waals surface area contributed by atoms with Crippen molar-refractivity contribution in [2.45, 2.75) is 57.0 Å². The van der Waals surface area contributed by atoms with E-state index in [9.17, 15) is 17.6 Å². The van der Waals surface area contributed by atoms with E-state index in [1.807, 2.05) is 0 Å². The number of nitrogens with one attached hydrogen (secondary N) is 2. The number of aromatic nitrogens is 5. The molecule has 10 nitrogen and oxygen atoms in total. The largest absolute Gasteiger partial charge is 0.365 e. The molecule has 2 aromatic carbocycles. The van der Waals surface area contributed by atoms with E-state index < -0.39 is 27.5 Å². The number of carbonyl (C=O) groups excluding carboxylic acids is 1. The van der Waals surface area contributed by atoms with Gasteiger partial charge in [-0.3, -0.25) is 4.79 Å². The third-order valence-electron chi connectivity index (χ3n) is 8.13. The molecule has 2 unspecified atom stereocenters. The zero-order valence-corrected chi connectivity index (χ0v) is 26.4. The number of halogens is 3.